The zero-order valence-electron chi connectivity index (χ0n) is 23.7. The molecule has 2 aromatic carbocycles. The molecule has 43 heavy (non-hydrogen) atoms. The number of likely N-dealkylation sites (N-methyl/N-ethyl adjacent to an activating group) is 1. The lowest BCUT2D eigenvalue weighted by atomic mass is 9.99. The topological polar surface area (TPSA) is 76.7 Å². The summed E-state index contributed by atoms with van der Waals surface area (Å²) in [5.74, 6) is 1.03. The lowest BCUT2D eigenvalue weighted by Crippen LogP contribution is -2.45. The van der Waals surface area contributed by atoms with Crippen LogP contribution in [-0.4, -0.2) is 70.0 Å². The minimum atomic E-state index is -4.54. The summed E-state index contributed by atoms with van der Waals surface area (Å²) in [6, 6.07) is 11.1. The van der Waals surface area contributed by atoms with Crippen LogP contribution in [0.5, 0.6) is 11.5 Å². The number of halogens is 4. The summed E-state index contributed by atoms with van der Waals surface area (Å²) in [5.41, 5.74) is 2.22. The Bertz CT molecular complexity index is 1630. The number of hydrogen-bond donors (Lipinski definition) is 2. The molecule has 0 aliphatic carbocycles. The number of amides is 2. The predicted octanol–water partition coefficient (Wildman–Crippen LogP) is 6.76. The first kappa shape index (κ1) is 29.3. The Balaban J connectivity index is 1.14. The van der Waals surface area contributed by atoms with Gasteiger partial charge >= 0.3 is 12.2 Å². The van der Waals surface area contributed by atoms with E-state index in [0.717, 1.165) is 55.3 Å². The van der Waals surface area contributed by atoms with Gasteiger partial charge in [-0.15, -0.1) is 0 Å². The number of aromatic amines is 1. The third-order valence-corrected chi connectivity index (χ3v) is 8.43. The highest BCUT2D eigenvalue weighted by molar-refractivity contribution is 6.33. The summed E-state index contributed by atoms with van der Waals surface area (Å²) in [4.78, 5) is 26.4. The van der Waals surface area contributed by atoms with Crippen molar-refractivity contribution in [3.8, 4) is 11.5 Å². The first-order chi connectivity index (χ1) is 20.7. The van der Waals surface area contributed by atoms with Crippen molar-refractivity contribution in [1.82, 2.24) is 24.7 Å². The lowest BCUT2D eigenvalue weighted by Gasteiger charge is -2.34. The normalized spacial score (nSPS) is 16.3. The number of nitrogens with one attached hydrogen (secondary N) is 2. The Morgan fingerprint density at radius 2 is 1.84 bits per heavy atom. The number of H-pyrrole nitrogens is 1. The van der Waals surface area contributed by atoms with Crippen molar-refractivity contribution < 1.29 is 22.7 Å². The summed E-state index contributed by atoms with van der Waals surface area (Å²) in [5, 5.41) is 3.80. The fourth-order valence-electron chi connectivity index (χ4n) is 5.71. The number of aromatic nitrogens is 2. The molecule has 0 saturated carbocycles. The molecule has 4 aromatic rings. The van der Waals surface area contributed by atoms with Gasteiger partial charge in [0.15, 0.2) is 5.75 Å². The Hall–Kier alpha value is -3.80. The number of benzene rings is 2. The van der Waals surface area contributed by atoms with Crippen molar-refractivity contribution in [2.24, 2.45) is 0 Å². The zero-order valence-corrected chi connectivity index (χ0v) is 24.4. The van der Waals surface area contributed by atoms with Gasteiger partial charge in [-0.05, 0) is 60.0 Å². The second kappa shape index (κ2) is 12.1. The van der Waals surface area contributed by atoms with E-state index < -0.39 is 17.8 Å². The van der Waals surface area contributed by atoms with Gasteiger partial charge in [0.05, 0.1) is 17.1 Å². The molecule has 1 fully saturated rings. The van der Waals surface area contributed by atoms with Gasteiger partial charge in [0.25, 0.3) is 0 Å². The third kappa shape index (κ3) is 6.43. The van der Waals surface area contributed by atoms with Crippen LogP contribution in [0, 0.1) is 0 Å². The molecular weight excluding hydrogens is 581 g/mol. The van der Waals surface area contributed by atoms with Gasteiger partial charge in [-0.2, -0.15) is 13.2 Å². The molecule has 2 N–H and O–H groups in total. The number of fused-ring (bicyclic) bond motifs is 2. The molecule has 0 bridgehead atoms. The van der Waals surface area contributed by atoms with Crippen molar-refractivity contribution in [3.63, 3.8) is 0 Å². The van der Waals surface area contributed by atoms with Crippen LogP contribution in [-0.2, 0) is 25.7 Å². The molecule has 2 aliphatic rings. The van der Waals surface area contributed by atoms with Crippen molar-refractivity contribution in [1.29, 1.82) is 0 Å². The third-order valence-electron chi connectivity index (χ3n) is 8.16. The van der Waals surface area contributed by atoms with Gasteiger partial charge < -0.3 is 24.8 Å². The Morgan fingerprint density at radius 1 is 1.05 bits per heavy atom. The van der Waals surface area contributed by atoms with Crippen molar-refractivity contribution >= 4 is 34.4 Å². The largest absolute Gasteiger partial charge is 0.455 e. The number of anilines is 1. The maximum Gasteiger partial charge on any atom is 0.416 e. The van der Waals surface area contributed by atoms with E-state index in [4.69, 9.17) is 16.3 Å². The highest BCUT2D eigenvalue weighted by Gasteiger charge is 2.34. The second-order valence-electron chi connectivity index (χ2n) is 10.9. The molecule has 226 valence electrons. The molecular formula is C31H32ClF3N6O2. The standard InChI is InChI=1S/C31H32ClF3N6O2/c1-2-39-11-13-40(14-12-39)18-21-3-5-23(16-26(21)31(33,34)35)38-30(42)41-10-8-20-4-6-24(15-22(20)19-41)43-28-25-7-9-36-29(25)37-17-27(28)32/h3-7,9,15-17H,2,8,10-14,18-19H2,1H3,(H,36,37)(H,38,42). The number of pyridine rings is 1. The predicted molar refractivity (Wildman–Crippen MR) is 160 cm³/mol. The number of nitrogens with zero attached hydrogens (tertiary/aromatic N) is 4. The average molecular weight is 613 g/mol. The Labute approximate surface area is 252 Å². The lowest BCUT2D eigenvalue weighted by molar-refractivity contribution is -0.138. The molecule has 0 radical (unpaired) electrons. The van der Waals surface area contributed by atoms with Crippen molar-refractivity contribution in [2.45, 2.75) is 32.6 Å². The molecule has 6 rings (SSSR count). The maximum absolute atomic E-state index is 14.1. The van der Waals surface area contributed by atoms with Gasteiger partial charge in [0.2, 0.25) is 0 Å². The summed E-state index contributed by atoms with van der Waals surface area (Å²) < 4.78 is 48.3. The number of rotatable bonds is 6. The van der Waals surface area contributed by atoms with E-state index in [0.29, 0.717) is 35.1 Å². The van der Waals surface area contributed by atoms with Crippen molar-refractivity contribution in [2.75, 3.05) is 44.6 Å². The highest BCUT2D eigenvalue weighted by Crippen LogP contribution is 2.37. The van der Waals surface area contributed by atoms with E-state index in [1.165, 1.54) is 12.3 Å². The molecule has 0 atom stereocenters. The number of carbonyl (C=O) groups is 1. The van der Waals surface area contributed by atoms with Crippen LogP contribution in [0.3, 0.4) is 0 Å². The molecule has 2 aliphatic heterocycles. The van der Waals surface area contributed by atoms with E-state index in [9.17, 15) is 18.0 Å². The van der Waals surface area contributed by atoms with Crippen LogP contribution in [0.2, 0.25) is 5.02 Å². The summed E-state index contributed by atoms with van der Waals surface area (Å²) in [6.45, 7) is 7.08. The Morgan fingerprint density at radius 3 is 2.60 bits per heavy atom. The van der Waals surface area contributed by atoms with E-state index in [1.807, 2.05) is 29.2 Å². The van der Waals surface area contributed by atoms with Gasteiger partial charge in [-0.3, -0.25) is 4.90 Å². The van der Waals surface area contributed by atoms with Crippen LogP contribution in [0.4, 0.5) is 23.7 Å². The molecule has 4 heterocycles. The number of ether oxygens (including phenoxy) is 1. The SMILES string of the molecule is CCN1CCN(Cc2ccc(NC(=O)N3CCc4ccc(Oc5c(Cl)cnc6[nH]ccc56)cc4C3)cc2C(F)(F)F)CC1. The van der Waals surface area contributed by atoms with Crippen LogP contribution in [0.15, 0.2) is 54.9 Å². The summed E-state index contributed by atoms with van der Waals surface area (Å²) in [7, 11) is 0. The molecule has 1 saturated heterocycles. The molecule has 2 amide bonds. The first-order valence-corrected chi connectivity index (χ1v) is 14.7. The fourth-order valence-corrected chi connectivity index (χ4v) is 5.90. The first-order valence-electron chi connectivity index (χ1n) is 14.3. The monoisotopic (exact) mass is 612 g/mol. The van der Waals surface area contributed by atoms with Gasteiger partial charge in [0.1, 0.15) is 16.4 Å². The van der Waals surface area contributed by atoms with Crippen LogP contribution in [0.1, 0.15) is 29.2 Å². The number of hydrogen-bond acceptors (Lipinski definition) is 5. The molecule has 12 heteroatoms. The Kier molecular flexibility index (Phi) is 8.21. The van der Waals surface area contributed by atoms with E-state index in [1.54, 1.807) is 17.2 Å². The van der Waals surface area contributed by atoms with E-state index >= 15 is 0 Å². The molecule has 8 nitrogen and oxygen atoms in total. The highest BCUT2D eigenvalue weighted by atomic mass is 35.5. The average Bonchev–Trinajstić information content (AvgIpc) is 3.48. The van der Waals surface area contributed by atoms with Crippen LogP contribution >= 0.6 is 11.6 Å². The van der Waals surface area contributed by atoms with E-state index in [2.05, 4.69) is 27.1 Å². The van der Waals surface area contributed by atoms with Crippen LogP contribution < -0.4 is 10.1 Å². The minimum absolute atomic E-state index is 0.114. The number of urea groups is 1. The summed E-state index contributed by atoms with van der Waals surface area (Å²) >= 11 is 6.37. The van der Waals surface area contributed by atoms with Crippen molar-refractivity contribution in [3.05, 3.63) is 82.1 Å². The minimum Gasteiger partial charge on any atom is -0.455 e. The molecule has 0 spiro atoms. The number of alkyl halides is 3. The van der Waals surface area contributed by atoms with E-state index in [-0.39, 0.29) is 24.3 Å². The maximum atomic E-state index is 14.1. The molecule has 0 unspecified atom stereocenters. The van der Waals surface area contributed by atoms with Gasteiger partial charge in [0, 0.05) is 57.7 Å². The number of carbonyl (C=O) groups excluding carboxylic acids is 1. The second-order valence-corrected chi connectivity index (χ2v) is 11.3. The molecule has 2 aromatic heterocycles. The van der Waals surface area contributed by atoms with Gasteiger partial charge in [-0.1, -0.05) is 30.7 Å². The number of piperazine rings is 1. The fraction of sp³-hybridized carbons (Fsp3) is 0.355. The smallest absolute Gasteiger partial charge is 0.416 e. The van der Waals surface area contributed by atoms with Crippen LogP contribution in [0.25, 0.3) is 11.0 Å². The zero-order chi connectivity index (χ0) is 30.1. The summed E-state index contributed by atoms with van der Waals surface area (Å²) in [6.07, 6.45) is -0.654. The quantitative estimate of drug-likeness (QED) is 0.252. The van der Waals surface area contributed by atoms with Gasteiger partial charge in [-0.25, -0.2) is 9.78 Å².